The second-order valence-electron chi connectivity index (χ2n) is 3.20. The summed E-state index contributed by atoms with van der Waals surface area (Å²) in [6.45, 7) is 1.32. The van der Waals surface area contributed by atoms with E-state index >= 15 is 0 Å². The van der Waals surface area contributed by atoms with Crippen molar-refractivity contribution in [3.8, 4) is 0 Å². The summed E-state index contributed by atoms with van der Waals surface area (Å²) in [5, 5.41) is 21.3. The first-order valence-corrected chi connectivity index (χ1v) is 4.46. The zero-order valence-electron chi connectivity index (χ0n) is 7.74. The van der Waals surface area contributed by atoms with Gasteiger partial charge in [-0.2, -0.15) is 0 Å². The number of anilines is 1. The van der Waals surface area contributed by atoms with Crippen LogP contribution in [0.1, 0.15) is 6.92 Å². The van der Waals surface area contributed by atoms with E-state index in [2.05, 4.69) is 15.3 Å². The molecule has 0 aliphatic carbocycles. The number of rotatable bonds is 4. The molecule has 78 valence electrons. The van der Waals surface area contributed by atoms with Gasteiger partial charge < -0.3 is 15.5 Å². The molecular weight excluding hydrogens is 206 g/mol. The van der Waals surface area contributed by atoms with Crippen LogP contribution in [0.25, 0.3) is 0 Å². The molecule has 0 aromatic carbocycles. The average Bonchev–Trinajstić information content (AvgIpc) is 2.17. The number of nitrogens with zero attached hydrogens (tertiary/aromatic N) is 2. The fourth-order valence-corrected chi connectivity index (χ4v) is 0.942. The molecule has 0 saturated carbocycles. The van der Waals surface area contributed by atoms with E-state index in [0.717, 1.165) is 0 Å². The third-order valence-electron chi connectivity index (χ3n) is 1.63. The third kappa shape index (κ3) is 3.10. The predicted molar refractivity (Wildman–Crippen MR) is 53.2 cm³/mol. The Morgan fingerprint density at radius 1 is 1.50 bits per heavy atom. The van der Waals surface area contributed by atoms with E-state index in [1.807, 2.05) is 0 Å². The first-order valence-electron chi connectivity index (χ1n) is 4.09. The molecule has 0 aliphatic rings. The largest absolute Gasteiger partial charge is 0.393 e. The summed E-state index contributed by atoms with van der Waals surface area (Å²) in [7, 11) is 0. The van der Waals surface area contributed by atoms with Crippen molar-refractivity contribution in [1.29, 1.82) is 0 Å². The molecule has 0 amide bonds. The van der Waals surface area contributed by atoms with Crippen molar-refractivity contribution in [1.82, 2.24) is 9.97 Å². The highest BCUT2D eigenvalue weighted by Gasteiger charge is 2.19. The molecule has 0 aliphatic heterocycles. The molecular formula is C8H12ClN3O2. The van der Waals surface area contributed by atoms with Gasteiger partial charge in [0.2, 0.25) is 0 Å². The SMILES string of the molecule is CC(O)(CO)CNc1nccnc1Cl. The summed E-state index contributed by atoms with van der Waals surface area (Å²) < 4.78 is 0. The summed E-state index contributed by atoms with van der Waals surface area (Å²) in [5.74, 6) is 0.392. The number of hydrogen-bond donors (Lipinski definition) is 3. The lowest BCUT2D eigenvalue weighted by Gasteiger charge is -2.20. The van der Waals surface area contributed by atoms with Gasteiger partial charge in [0.1, 0.15) is 5.60 Å². The van der Waals surface area contributed by atoms with Crippen LogP contribution in [-0.2, 0) is 0 Å². The Morgan fingerprint density at radius 3 is 2.71 bits per heavy atom. The van der Waals surface area contributed by atoms with Crippen molar-refractivity contribution in [2.75, 3.05) is 18.5 Å². The van der Waals surface area contributed by atoms with E-state index < -0.39 is 5.60 Å². The van der Waals surface area contributed by atoms with Crippen LogP contribution in [0.15, 0.2) is 12.4 Å². The first-order chi connectivity index (χ1) is 6.55. The van der Waals surface area contributed by atoms with Crippen LogP contribution in [0, 0.1) is 0 Å². The van der Waals surface area contributed by atoms with Crippen molar-refractivity contribution in [3.63, 3.8) is 0 Å². The van der Waals surface area contributed by atoms with Crippen LogP contribution in [-0.4, -0.2) is 38.9 Å². The highest BCUT2D eigenvalue weighted by atomic mass is 35.5. The predicted octanol–water partition coefficient (Wildman–Crippen LogP) is 0.285. The number of aliphatic hydroxyl groups is 2. The van der Waals surface area contributed by atoms with Crippen LogP contribution >= 0.6 is 11.6 Å². The van der Waals surface area contributed by atoms with Gasteiger partial charge in [-0.25, -0.2) is 9.97 Å². The molecule has 0 radical (unpaired) electrons. The van der Waals surface area contributed by atoms with Gasteiger partial charge in [0.05, 0.1) is 6.61 Å². The molecule has 14 heavy (non-hydrogen) atoms. The lowest BCUT2D eigenvalue weighted by molar-refractivity contribution is 0.0131. The van der Waals surface area contributed by atoms with Gasteiger partial charge in [-0.15, -0.1) is 0 Å². The fraction of sp³-hybridized carbons (Fsp3) is 0.500. The van der Waals surface area contributed by atoms with Crippen LogP contribution in [0.5, 0.6) is 0 Å². The Bertz CT molecular complexity index is 306. The number of nitrogens with one attached hydrogen (secondary N) is 1. The fourth-order valence-electron chi connectivity index (χ4n) is 0.770. The van der Waals surface area contributed by atoms with Crippen LogP contribution in [0.2, 0.25) is 5.15 Å². The Hall–Kier alpha value is -0.910. The molecule has 6 heteroatoms. The summed E-state index contributed by atoms with van der Waals surface area (Å²) in [6.07, 6.45) is 2.96. The first kappa shape index (κ1) is 11.2. The Labute approximate surface area is 86.8 Å². The molecule has 0 fully saturated rings. The standard InChI is InChI=1S/C8H12ClN3O2/c1-8(14,5-13)4-12-7-6(9)10-2-3-11-7/h2-3,13-14H,4-5H2,1H3,(H,11,12). The molecule has 1 atom stereocenters. The van der Waals surface area contributed by atoms with E-state index in [0.29, 0.717) is 5.82 Å². The molecule has 3 N–H and O–H groups in total. The zero-order chi connectivity index (χ0) is 10.6. The Morgan fingerprint density at radius 2 is 2.14 bits per heavy atom. The average molecular weight is 218 g/mol. The summed E-state index contributed by atoms with van der Waals surface area (Å²) in [4.78, 5) is 7.72. The molecule has 0 spiro atoms. The van der Waals surface area contributed by atoms with Crippen molar-refractivity contribution in [2.45, 2.75) is 12.5 Å². The summed E-state index contributed by atoms with van der Waals surface area (Å²) in [6, 6.07) is 0. The van der Waals surface area contributed by atoms with Gasteiger partial charge >= 0.3 is 0 Å². The number of halogens is 1. The van der Waals surface area contributed by atoms with Crippen molar-refractivity contribution in [2.24, 2.45) is 0 Å². The molecule has 0 bridgehead atoms. The smallest absolute Gasteiger partial charge is 0.171 e. The Balaban J connectivity index is 2.58. The van der Waals surface area contributed by atoms with E-state index in [9.17, 15) is 5.11 Å². The molecule has 5 nitrogen and oxygen atoms in total. The van der Waals surface area contributed by atoms with E-state index in [4.69, 9.17) is 16.7 Å². The van der Waals surface area contributed by atoms with Crippen molar-refractivity contribution >= 4 is 17.4 Å². The highest BCUT2D eigenvalue weighted by molar-refractivity contribution is 6.31. The van der Waals surface area contributed by atoms with E-state index in [1.54, 1.807) is 0 Å². The van der Waals surface area contributed by atoms with Gasteiger partial charge in [-0.3, -0.25) is 0 Å². The molecule has 0 saturated heterocycles. The van der Waals surface area contributed by atoms with Gasteiger partial charge in [-0.05, 0) is 6.92 Å². The summed E-state index contributed by atoms with van der Waals surface area (Å²) >= 11 is 5.72. The van der Waals surface area contributed by atoms with E-state index in [1.165, 1.54) is 19.3 Å². The maximum atomic E-state index is 9.47. The Kier molecular flexibility index (Phi) is 3.62. The molecule has 1 rings (SSSR count). The maximum absolute atomic E-state index is 9.47. The minimum Gasteiger partial charge on any atom is -0.393 e. The molecule has 1 heterocycles. The zero-order valence-corrected chi connectivity index (χ0v) is 8.49. The lowest BCUT2D eigenvalue weighted by Crippen LogP contribution is -2.37. The molecule has 1 unspecified atom stereocenters. The maximum Gasteiger partial charge on any atom is 0.171 e. The van der Waals surface area contributed by atoms with Crippen LogP contribution in [0.4, 0.5) is 5.82 Å². The van der Waals surface area contributed by atoms with Crippen molar-refractivity contribution in [3.05, 3.63) is 17.5 Å². The normalized spacial score (nSPS) is 14.9. The monoisotopic (exact) mass is 217 g/mol. The van der Waals surface area contributed by atoms with Gasteiger partial charge in [0.15, 0.2) is 11.0 Å². The van der Waals surface area contributed by atoms with Gasteiger partial charge in [0.25, 0.3) is 0 Å². The quantitative estimate of drug-likeness (QED) is 0.676. The van der Waals surface area contributed by atoms with Crippen molar-refractivity contribution < 1.29 is 10.2 Å². The number of aromatic nitrogens is 2. The van der Waals surface area contributed by atoms with Gasteiger partial charge in [0, 0.05) is 18.9 Å². The third-order valence-corrected chi connectivity index (χ3v) is 1.91. The minimum absolute atomic E-state index is 0.155. The van der Waals surface area contributed by atoms with Crippen LogP contribution < -0.4 is 5.32 Å². The molecule has 1 aromatic heterocycles. The second kappa shape index (κ2) is 4.54. The van der Waals surface area contributed by atoms with E-state index in [-0.39, 0.29) is 18.3 Å². The summed E-state index contributed by atoms with van der Waals surface area (Å²) in [5.41, 5.74) is -1.19. The minimum atomic E-state index is -1.19. The number of aliphatic hydroxyl groups excluding tert-OH is 1. The van der Waals surface area contributed by atoms with Gasteiger partial charge in [-0.1, -0.05) is 11.6 Å². The second-order valence-corrected chi connectivity index (χ2v) is 3.56. The topological polar surface area (TPSA) is 78.3 Å². The van der Waals surface area contributed by atoms with Crippen LogP contribution in [0.3, 0.4) is 0 Å². The molecule has 1 aromatic rings. The lowest BCUT2D eigenvalue weighted by atomic mass is 10.1. The number of hydrogen-bond acceptors (Lipinski definition) is 5. The highest BCUT2D eigenvalue weighted by Crippen LogP contribution is 2.15.